The summed E-state index contributed by atoms with van der Waals surface area (Å²) in [6.07, 6.45) is 0.0746. The van der Waals surface area contributed by atoms with Crippen molar-refractivity contribution in [3.8, 4) is 0 Å². The van der Waals surface area contributed by atoms with Gasteiger partial charge in [0.05, 0.1) is 42.0 Å². The van der Waals surface area contributed by atoms with Crippen LogP contribution in [0.4, 0.5) is 0 Å². The predicted molar refractivity (Wildman–Crippen MR) is 150 cm³/mol. The molecule has 39 heavy (non-hydrogen) atoms. The van der Waals surface area contributed by atoms with Crippen LogP contribution in [-0.2, 0) is 25.6 Å². The number of nitrogens with one attached hydrogen (secondary N) is 1. The maximum Gasteiger partial charge on any atom is 0.336 e. The maximum absolute atomic E-state index is 13.4. The molecular weight excluding hydrogens is 541 g/mol. The van der Waals surface area contributed by atoms with Crippen molar-refractivity contribution in [3.63, 3.8) is 0 Å². The first-order chi connectivity index (χ1) is 18.8. The van der Waals surface area contributed by atoms with Crippen LogP contribution in [0.3, 0.4) is 0 Å². The van der Waals surface area contributed by atoms with Gasteiger partial charge in [0, 0.05) is 49.8 Å². The number of esters is 1. The molecule has 2 aromatic carbocycles. The van der Waals surface area contributed by atoms with Gasteiger partial charge in [0.15, 0.2) is 0 Å². The molecule has 10 heteroatoms. The maximum atomic E-state index is 13.4. The second kappa shape index (κ2) is 13.4. The second-order valence-electron chi connectivity index (χ2n) is 9.54. The summed E-state index contributed by atoms with van der Waals surface area (Å²) in [4.78, 5) is 43.1. The molecular formula is C29H33Cl2N3O5. The molecule has 1 fully saturated rings. The Kier molecular flexibility index (Phi) is 10.0. The van der Waals surface area contributed by atoms with Crippen LogP contribution in [0.5, 0.6) is 0 Å². The highest BCUT2D eigenvalue weighted by Gasteiger charge is 2.37. The van der Waals surface area contributed by atoms with Gasteiger partial charge in [-0.25, -0.2) is 4.79 Å². The number of halogens is 2. The van der Waals surface area contributed by atoms with Gasteiger partial charge in [0.25, 0.3) is 5.91 Å². The highest BCUT2D eigenvalue weighted by molar-refractivity contribution is 6.42. The van der Waals surface area contributed by atoms with Crippen molar-refractivity contribution in [2.24, 2.45) is 0 Å². The molecule has 0 aliphatic carbocycles. The van der Waals surface area contributed by atoms with E-state index < -0.39 is 11.9 Å². The lowest BCUT2D eigenvalue weighted by molar-refractivity contribution is -0.140. The van der Waals surface area contributed by atoms with Gasteiger partial charge in [-0.2, -0.15) is 0 Å². The smallest absolute Gasteiger partial charge is 0.336 e. The lowest BCUT2D eigenvalue weighted by Gasteiger charge is -2.34. The Hall–Kier alpha value is -2.91. The van der Waals surface area contributed by atoms with Crippen molar-refractivity contribution in [2.45, 2.75) is 32.7 Å². The zero-order valence-corrected chi connectivity index (χ0v) is 23.7. The van der Waals surface area contributed by atoms with Gasteiger partial charge >= 0.3 is 5.97 Å². The van der Waals surface area contributed by atoms with E-state index in [1.165, 1.54) is 0 Å². The molecule has 0 aromatic heterocycles. The van der Waals surface area contributed by atoms with Crippen molar-refractivity contribution in [1.29, 1.82) is 0 Å². The number of rotatable bonds is 9. The molecule has 2 aliphatic rings. The number of benzene rings is 2. The zero-order valence-electron chi connectivity index (χ0n) is 22.2. The van der Waals surface area contributed by atoms with E-state index in [2.05, 4.69) is 10.2 Å². The molecule has 1 unspecified atom stereocenters. The van der Waals surface area contributed by atoms with Gasteiger partial charge in [0.1, 0.15) is 0 Å². The number of ether oxygens (including phenoxy) is 2. The third-order valence-electron chi connectivity index (χ3n) is 7.01. The highest BCUT2D eigenvalue weighted by Crippen LogP contribution is 2.39. The molecule has 1 saturated heterocycles. The second-order valence-corrected chi connectivity index (χ2v) is 10.4. The van der Waals surface area contributed by atoms with Crippen molar-refractivity contribution >= 4 is 41.0 Å². The van der Waals surface area contributed by atoms with Crippen LogP contribution in [0.1, 0.15) is 47.7 Å². The number of carbonyl (C=O) groups excluding carboxylic acids is 3. The number of amides is 2. The minimum atomic E-state index is -0.508. The minimum absolute atomic E-state index is 0.0746. The van der Waals surface area contributed by atoms with E-state index in [1.54, 1.807) is 55.1 Å². The molecule has 0 saturated carbocycles. The Morgan fingerprint density at radius 2 is 1.87 bits per heavy atom. The van der Waals surface area contributed by atoms with E-state index >= 15 is 0 Å². The predicted octanol–water partition coefficient (Wildman–Crippen LogP) is 4.41. The third-order valence-corrected chi connectivity index (χ3v) is 7.75. The van der Waals surface area contributed by atoms with Crippen molar-refractivity contribution in [2.75, 3.05) is 46.0 Å². The van der Waals surface area contributed by atoms with E-state index in [9.17, 15) is 14.4 Å². The van der Waals surface area contributed by atoms with E-state index in [0.717, 1.165) is 30.8 Å². The minimum Gasteiger partial charge on any atom is -0.463 e. The largest absolute Gasteiger partial charge is 0.463 e. The Bertz CT molecular complexity index is 1260. The van der Waals surface area contributed by atoms with E-state index in [4.69, 9.17) is 32.7 Å². The van der Waals surface area contributed by atoms with Gasteiger partial charge in [0.2, 0.25) is 5.91 Å². The number of hydrogen-bond acceptors (Lipinski definition) is 6. The summed E-state index contributed by atoms with van der Waals surface area (Å²) in [5.74, 6) is -1.30. The van der Waals surface area contributed by atoms with E-state index in [-0.39, 0.29) is 31.4 Å². The fraction of sp³-hybridized carbons (Fsp3) is 0.414. The molecule has 2 amide bonds. The average molecular weight is 575 g/mol. The number of carbonyl (C=O) groups is 3. The van der Waals surface area contributed by atoms with Gasteiger partial charge in [-0.1, -0.05) is 41.4 Å². The number of nitrogens with zero attached hydrogens (tertiary/aromatic N) is 2. The first kappa shape index (κ1) is 29.1. The average Bonchev–Trinajstić information content (AvgIpc) is 2.93. The summed E-state index contributed by atoms with van der Waals surface area (Å²) in [5, 5.41) is 3.72. The zero-order chi connectivity index (χ0) is 27.9. The normalized spacial score (nSPS) is 18.3. The Morgan fingerprint density at radius 3 is 2.59 bits per heavy atom. The molecule has 1 atom stereocenters. The van der Waals surface area contributed by atoms with Gasteiger partial charge < -0.3 is 19.7 Å². The molecule has 1 N–H and O–H groups in total. The molecule has 2 aliphatic heterocycles. The standard InChI is InChI=1S/C29H33Cl2N3O5/c1-3-39-29(37)27-19(2)34(26(35)17-23(27)21-7-8-24(30)25(31)16-21)18-20-5-4-6-22(15-20)28(36)32-9-10-33-11-13-38-14-12-33/h4-8,15-16,23H,3,9-14,17-18H2,1-2H3,(H,32,36). The quantitative estimate of drug-likeness (QED) is 0.447. The number of hydrogen-bond donors (Lipinski definition) is 1. The fourth-order valence-electron chi connectivity index (χ4n) is 4.94. The van der Waals surface area contributed by atoms with Crippen molar-refractivity contribution < 1.29 is 23.9 Å². The summed E-state index contributed by atoms with van der Waals surface area (Å²) >= 11 is 12.3. The van der Waals surface area contributed by atoms with Crippen LogP contribution in [-0.4, -0.2) is 73.6 Å². The third kappa shape index (κ3) is 7.19. The Labute approximate surface area is 238 Å². The highest BCUT2D eigenvalue weighted by atomic mass is 35.5. The SMILES string of the molecule is CCOC(=O)C1=C(C)N(Cc2cccc(C(=O)NCCN3CCOCC3)c2)C(=O)CC1c1ccc(Cl)c(Cl)c1. The lowest BCUT2D eigenvalue weighted by Crippen LogP contribution is -2.41. The first-order valence-corrected chi connectivity index (χ1v) is 13.8. The molecule has 2 heterocycles. The fourth-order valence-corrected chi connectivity index (χ4v) is 5.25. The lowest BCUT2D eigenvalue weighted by atomic mass is 9.83. The molecule has 4 rings (SSSR count). The topological polar surface area (TPSA) is 88.2 Å². The van der Waals surface area contributed by atoms with Crippen LogP contribution >= 0.6 is 23.2 Å². The van der Waals surface area contributed by atoms with E-state index in [0.29, 0.717) is 46.6 Å². The summed E-state index contributed by atoms with van der Waals surface area (Å²) in [6, 6.07) is 12.3. The molecule has 8 nitrogen and oxygen atoms in total. The number of allylic oxidation sites excluding steroid dienone is 1. The van der Waals surface area contributed by atoms with Crippen molar-refractivity contribution in [3.05, 3.63) is 80.5 Å². The molecule has 208 valence electrons. The Morgan fingerprint density at radius 1 is 1.10 bits per heavy atom. The van der Waals surface area contributed by atoms with Crippen LogP contribution in [0.2, 0.25) is 10.0 Å². The van der Waals surface area contributed by atoms with Gasteiger partial charge in [-0.15, -0.1) is 0 Å². The molecule has 0 spiro atoms. The van der Waals surface area contributed by atoms with Crippen LogP contribution < -0.4 is 5.32 Å². The van der Waals surface area contributed by atoms with Gasteiger partial charge in [-0.3, -0.25) is 14.5 Å². The summed E-state index contributed by atoms with van der Waals surface area (Å²) in [6.45, 7) is 8.37. The van der Waals surface area contributed by atoms with Crippen molar-refractivity contribution in [1.82, 2.24) is 15.1 Å². The van der Waals surface area contributed by atoms with E-state index in [1.807, 2.05) is 6.07 Å². The molecule has 2 aromatic rings. The number of morpholine rings is 1. The van der Waals surface area contributed by atoms with Crippen LogP contribution in [0.25, 0.3) is 0 Å². The monoisotopic (exact) mass is 573 g/mol. The summed E-state index contributed by atoms with van der Waals surface area (Å²) in [5.41, 5.74) is 2.93. The van der Waals surface area contributed by atoms with Crippen LogP contribution in [0.15, 0.2) is 53.7 Å². The summed E-state index contributed by atoms with van der Waals surface area (Å²) in [7, 11) is 0. The van der Waals surface area contributed by atoms with Crippen LogP contribution in [0, 0.1) is 0 Å². The molecule has 0 radical (unpaired) electrons. The van der Waals surface area contributed by atoms with Gasteiger partial charge in [-0.05, 0) is 49.2 Å². The first-order valence-electron chi connectivity index (χ1n) is 13.1. The Balaban J connectivity index is 1.52. The summed E-state index contributed by atoms with van der Waals surface area (Å²) < 4.78 is 10.7. The molecule has 0 bridgehead atoms.